The third kappa shape index (κ3) is 5.11. The summed E-state index contributed by atoms with van der Waals surface area (Å²) >= 11 is 0. The molecule has 67 heavy (non-hydrogen) atoms. The van der Waals surface area contributed by atoms with E-state index >= 15 is 0 Å². The topological polar surface area (TPSA) is 35.5 Å². The first kappa shape index (κ1) is 36.6. The van der Waals surface area contributed by atoms with E-state index < -0.39 is 0 Å². The summed E-state index contributed by atoms with van der Waals surface area (Å²) in [6.07, 6.45) is 0. The molecule has 5 heterocycles. The molecule has 0 N–H and O–H groups in total. The highest BCUT2D eigenvalue weighted by molar-refractivity contribution is 7.04. The van der Waals surface area contributed by atoms with Gasteiger partial charge in [0.05, 0.1) is 27.8 Å². The molecule has 7 heteroatoms. The first-order valence-corrected chi connectivity index (χ1v) is 23.2. The van der Waals surface area contributed by atoms with E-state index in [9.17, 15) is 0 Å². The second-order valence-corrected chi connectivity index (χ2v) is 18.0. The minimum atomic E-state index is -0.0802. The molecule has 0 unspecified atom stereocenters. The molecular weight excluding hydrogens is 812 g/mol. The van der Waals surface area contributed by atoms with Crippen LogP contribution in [0.1, 0.15) is 0 Å². The minimum Gasteiger partial charge on any atom is -0.312 e. The van der Waals surface area contributed by atoms with Crippen molar-refractivity contribution in [3.05, 3.63) is 224 Å². The smallest absolute Gasteiger partial charge is 0.252 e. The lowest BCUT2D eigenvalue weighted by Gasteiger charge is -2.51. The summed E-state index contributed by atoms with van der Waals surface area (Å²) in [4.78, 5) is 18.3. The molecule has 0 fully saturated rings. The lowest BCUT2D eigenvalue weighted by atomic mass is 9.28. The summed E-state index contributed by atoms with van der Waals surface area (Å²) in [5.74, 6) is 0. The van der Waals surface area contributed by atoms with E-state index in [1.165, 1.54) is 83.5 Å². The zero-order valence-corrected chi connectivity index (χ0v) is 36.3. The van der Waals surface area contributed by atoms with Crippen LogP contribution in [0, 0.1) is 0 Å². The van der Waals surface area contributed by atoms with Crippen molar-refractivity contribution in [2.75, 3.05) is 14.7 Å². The highest BCUT2D eigenvalue weighted by Crippen LogP contribution is 2.53. The Kier molecular flexibility index (Phi) is 7.61. The largest absolute Gasteiger partial charge is 0.312 e. The van der Waals surface area contributed by atoms with Gasteiger partial charge in [-0.3, -0.25) is 0 Å². The zero-order valence-electron chi connectivity index (χ0n) is 36.3. The Balaban J connectivity index is 1.13. The number of nitrogens with zero attached hydrogens (tertiary/aromatic N) is 5. The first-order valence-electron chi connectivity index (χ1n) is 23.2. The Morgan fingerprint density at radius 3 is 1.27 bits per heavy atom. The van der Waals surface area contributed by atoms with Gasteiger partial charge >= 0.3 is 0 Å². The molecule has 308 valence electrons. The number of anilines is 9. The summed E-state index contributed by atoms with van der Waals surface area (Å²) in [5.41, 5.74) is 26.5. The molecule has 11 aromatic rings. The van der Waals surface area contributed by atoms with Crippen molar-refractivity contribution in [1.82, 2.24) is 9.97 Å². The number of para-hydroxylation sites is 7. The number of fused-ring (bicyclic) bond motifs is 12. The van der Waals surface area contributed by atoms with E-state index in [4.69, 9.17) is 9.97 Å². The van der Waals surface area contributed by atoms with Gasteiger partial charge in [-0.1, -0.05) is 164 Å². The van der Waals surface area contributed by atoms with Crippen LogP contribution in [0.2, 0.25) is 0 Å². The van der Waals surface area contributed by atoms with Crippen molar-refractivity contribution in [2.24, 2.45) is 0 Å². The quantitative estimate of drug-likeness (QED) is 0.130. The summed E-state index contributed by atoms with van der Waals surface area (Å²) in [6.45, 7) is -0.103. The van der Waals surface area contributed by atoms with Crippen LogP contribution in [0.15, 0.2) is 224 Å². The molecule has 5 nitrogen and oxygen atoms in total. The van der Waals surface area contributed by atoms with E-state index in [-0.39, 0.29) is 13.4 Å². The molecule has 10 aromatic carbocycles. The summed E-state index contributed by atoms with van der Waals surface area (Å²) in [7, 11) is 0. The van der Waals surface area contributed by atoms with Crippen LogP contribution >= 0.6 is 0 Å². The second-order valence-electron chi connectivity index (χ2n) is 18.0. The number of hydrogen-bond donors (Lipinski definition) is 0. The highest BCUT2D eigenvalue weighted by Gasteiger charge is 2.52. The van der Waals surface area contributed by atoms with Crippen molar-refractivity contribution in [3.8, 4) is 22.3 Å². The minimum absolute atomic E-state index is 0.0226. The van der Waals surface area contributed by atoms with Crippen molar-refractivity contribution in [1.29, 1.82) is 0 Å². The fourth-order valence-electron chi connectivity index (χ4n) is 11.9. The predicted molar refractivity (Wildman–Crippen MR) is 281 cm³/mol. The van der Waals surface area contributed by atoms with E-state index in [1.807, 2.05) is 12.1 Å². The number of benzene rings is 10. The molecule has 0 spiro atoms. The fraction of sp³-hybridized carbons (Fsp3) is 0. The van der Waals surface area contributed by atoms with Crippen molar-refractivity contribution < 1.29 is 0 Å². The third-order valence-electron chi connectivity index (χ3n) is 14.6. The summed E-state index contributed by atoms with van der Waals surface area (Å²) < 4.78 is 0. The van der Waals surface area contributed by atoms with E-state index in [0.717, 1.165) is 44.8 Å². The van der Waals surface area contributed by atoms with Crippen LogP contribution in [0.3, 0.4) is 0 Å². The van der Waals surface area contributed by atoms with E-state index in [1.54, 1.807) is 0 Å². The Morgan fingerprint density at radius 1 is 0.284 bits per heavy atom. The Morgan fingerprint density at radius 2 is 0.716 bits per heavy atom. The van der Waals surface area contributed by atoms with Gasteiger partial charge < -0.3 is 14.7 Å². The molecule has 0 saturated heterocycles. The van der Waals surface area contributed by atoms with Crippen molar-refractivity contribution in [2.45, 2.75) is 0 Å². The van der Waals surface area contributed by atoms with Gasteiger partial charge in [-0.25, -0.2) is 9.97 Å². The normalized spacial score (nSPS) is 13.5. The van der Waals surface area contributed by atoms with Crippen LogP contribution in [0.5, 0.6) is 0 Å². The van der Waals surface area contributed by atoms with Crippen molar-refractivity contribution >= 4 is 119 Å². The van der Waals surface area contributed by atoms with Crippen LogP contribution in [-0.2, 0) is 0 Å². The van der Waals surface area contributed by atoms with Gasteiger partial charge in [0.15, 0.2) is 0 Å². The van der Waals surface area contributed by atoms with Gasteiger partial charge in [0, 0.05) is 56.6 Å². The lowest BCUT2D eigenvalue weighted by Crippen LogP contribution is -2.68. The standard InChI is InChI=1S/C60H37B2N5/c1-4-19-38(20-5-1)41-25-18-26-42(39-21-6-2-7-22-39)59(41)67-53-34-17-11-28-44(53)61-43-27-10-15-32-51(43)66-52-33-16-12-29-45(52)62-46-35-49-50(64-48-31-14-13-30-47(48)63-49)36-54(46)65(40-23-8-3-9-24-40)55-37-56(67)58(61)60(66)57(55)62/h1-37H. The van der Waals surface area contributed by atoms with E-state index in [2.05, 4.69) is 227 Å². The number of rotatable bonds is 4. The molecule has 0 aliphatic carbocycles. The van der Waals surface area contributed by atoms with Gasteiger partial charge in [-0.05, 0) is 105 Å². The Bertz CT molecular complexity index is 3800. The molecule has 0 bridgehead atoms. The third-order valence-corrected chi connectivity index (χ3v) is 14.6. The zero-order chi connectivity index (χ0) is 43.7. The molecule has 4 aliphatic heterocycles. The number of hydrogen-bond acceptors (Lipinski definition) is 5. The Hall–Kier alpha value is -8.67. The van der Waals surface area contributed by atoms with Crippen LogP contribution in [-0.4, -0.2) is 23.4 Å². The van der Waals surface area contributed by atoms with Gasteiger partial charge in [0.25, 0.3) is 13.4 Å². The SMILES string of the molecule is c1ccc(-c2cccc(-c3ccccc3)c2N2c3ccccc3B3c4ccccc4N4c5ccccc5B5c6cc7nc8ccccc8nc7cc6N(c6ccccc6)c6cc2c3c4c65)cc1. The fourth-order valence-corrected chi connectivity index (χ4v) is 11.9. The van der Waals surface area contributed by atoms with Gasteiger partial charge in [0.1, 0.15) is 0 Å². The molecule has 0 atom stereocenters. The molecule has 0 saturated carbocycles. The van der Waals surface area contributed by atoms with Crippen LogP contribution < -0.4 is 47.5 Å². The maximum atomic E-state index is 5.28. The Labute approximate surface area is 389 Å². The van der Waals surface area contributed by atoms with Gasteiger partial charge in [0.2, 0.25) is 0 Å². The van der Waals surface area contributed by atoms with Crippen LogP contribution in [0.25, 0.3) is 44.3 Å². The molecule has 1 aromatic heterocycles. The van der Waals surface area contributed by atoms with Crippen molar-refractivity contribution in [3.63, 3.8) is 0 Å². The van der Waals surface area contributed by atoms with E-state index in [0.29, 0.717) is 0 Å². The predicted octanol–water partition coefficient (Wildman–Crippen LogP) is 10.8. The average molecular weight is 850 g/mol. The summed E-state index contributed by atoms with van der Waals surface area (Å²) in [6, 6.07) is 82.3. The second kappa shape index (κ2) is 13.9. The van der Waals surface area contributed by atoms with Gasteiger partial charge in [-0.2, -0.15) is 0 Å². The maximum Gasteiger partial charge on any atom is 0.252 e. The summed E-state index contributed by atoms with van der Waals surface area (Å²) in [5, 5.41) is 0. The maximum absolute atomic E-state index is 5.28. The molecule has 15 rings (SSSR count). The highest BCUT2D eigenvalue weighted by atomic mass is 15.2. The van der Waals surface area contributed by atoms with Gasteiger partial charge in [-0.15, -0.1) is 0 Å². The molecule has 0 radical (unpaired) electrons. The first-order chi connectivity index (χ1) is 33.3. The lowest BCUT2D eigenvalue weighted by molar-refractivity contribution is 1.23. The average Bonchev–Trinajstić information content (AvgIpc) is 3.40. The molecule has 4 aliphatic rings. The molecule has 0 amide bonds. The monoisotopic (exact) mass is 849 g/mol. The number of aromatic nitrogens is 2. The van der Waals surface area contributed by atoms with Crippen LogP contribution in [0.4, 0.5) is 51.2 Å². The molecular formula is C60H37B2N5.